The van der Waals surface area contributed by atoms with Crippen LogP contribution in [0, 0.1) is 5.41 Å². The third kappa shape index (κ3) is 5.20. The number of anilines is 1. The molecule has 4 nitrogen and oxygen atoms in total. The monoisotopic (exact) mass is 265 g/mol. The molecule has 1 rings (SSSR count). The minimum atomic E-state index is -0.0283. The minimum Gasteiger partial charge on any atom is -0.493 e. The first-order chi connectivity index (χ1) is 8.85. The molecule has 0 bridgehead atoms. The first kappa shape index (κ1) is 15.3. The average molecular weight is 265 g/mol. The molecule has 0 saturated carbocycles. The number of nitrogens with one attached hydrogen (secondary N) is 1. The van der Waals surface area contributed by atoms with E-state index in [1.807, 2.05) is 33.8 Å². The molecule has 1 aromatic carbocycles. The highest BCUT2D eigenvalue weighted by molar-refractivity contribution is 5.91. The van der Waals surface area contributed by atoms with Crippen LogP contribution in [0.5, 0.6) is 11.5 Å². The lowest BCUT2D eigenvalue weighted by Crippen LogP contribution is -2.19. The van der Waals surface area contributed by atoms with Gasteiger partial charge >= 0.3 is 0 Å². The van der Waals surface area contributed by atoms with Crippen molar-refractivity contribution in [3.63, 3.8) is 0 Å². The number of rotatable bonds is 5. The average Bonchev–Trinajstić information content (AvgIpc) is 2.28. The largest absolute Gasteiger partial charge is 0.493 e. The van der Waals surface area contributed by atoms with Gasteiger partial charge < -0.3 is 14.8 Å². The summed E-state index contributed by atoms with van der Waals surface area (Å²) in [4.78, 5) is 11.9. The van der Waals surface area contributed by atoms with Crippen LogP contribution in [-0.2, 0) is 4.79 Å². The highest BCUT2D eigenvalue weighted by atomic mass is 16.5. The quantitative estimate of drug-likeness (QED) is 0.886. The third-order valence-corrected chi connectivity index (χ3v) is 2.44. The predicted octanol–water partition coefficient (Wildman–Crippen LogP) is 3.47. The van der Waals surface area contributed by atoms with Crippen molar-refractivity contribution in [2.24, 2.45) is 5.41 Å². The molecule has 0 unspecified atom stereocenters. The maximum Gasteiger partial charge on any atom is 0.224 e. The number of methoxy groups -OCH3 is 1. The molecule has 0 aliphatic rings. The van der Waals surface area contributed by atoms with Gasteiger partial charge in [-0.1, -0.05) is 20.8 Å². The highest BCUT2D eigenvalue weighted by Crippen LogP contribution is 2.30. The Bertz CT molecular complexity index is 436. The fourth-order valence-electron chi connectivity index (χ4n) is 1.71. The molecular formula is C15H23NO3. The van der Waals surface area contributed by atoms with Gasteiger partial charge in [-0.05, 0) is 24.5 Å². The number of ether oxygens (including phenoxy) is 2. The van der Waals surface area contributed by atoms with Crippen molar-refractivity contribution >= 4 is 11.6 Å². The fraction of sp³-hybridized carbons (Fsp3) is 0.533. The van der Waals surface area contributed by atoms with Crippen LogP contribution in [0.3, 0.4) is 0 Å². The van der Waals surface area contributed by atoms with E-state index in [-0.39, 0.29) is 11.3 Å². The summed E-state index contributed by atoms with van der Waals surface area (Å²) in [6.45, 7) is 8.59. The molecule has 1 aromatic rings. The summed E-state index contributed by atoms with van der Waals surface area (Å²) >= 11 is 0. The Morgan fingerprint density at radius 3 is 2.47 bits per heavy atom. The molecule has 0 spiro atoms. The van der Waals surface area contributed by atoms with Crippen LogP contribution in [0.4, 0.5) is 5.69 Å². The first-order valence-corrected chi connectivity index (χ1v) is 6.46. The maximum absolute atomic E-state index is 11.9. The van der Waals surface area contributed by atoms with Gasteiger partial charge in [0.25, 0.3) is 0 Å². The maximum atomic E-state index is 11.9. The van der Waals surface area contributed by atoms with Gasteiger partial charge in [0.15, 0.2) is 11.5 Å². The molecule has 0 saturated heterocycles. The van der Waals surface area contributed by atoms with Crippen molar-refractivity contribution in [3.05, 3.63) is 18.2 Å². The van der Waals surface area contributed by atoms with E-state index in [9.17, 15) is 4.79 Å². The van der Waals surface area contributed by atoms with Gasteiger partial charge in [0.05, 0.1) is 13.7 Å². The molecule has 0 heterocycles. The molecule has 0 radical (unpaired) electrons. The van der Waals surface area contributed by atoms with Crippen LogP contribution in [-0.4, -0.2) is 19.6 Å². The Morgan fingerprint density at radius 1 is 1.26 bits per heavy atom. The highest BCUT2D eigenvalue weighted by Gasteiger charge is 2.16. The molecule has 1 amide bonds. The second kappa shape index (κ2) is 6.45. The van der Waals surface area contributed by atoms with Crippen molar-refractivity contribution < 1.29 is 14.3 Å². The normalized spacial score (nSPS) is 11.0. The van der Waals surface area contributed by atoms with Gasteiger partial charge in [-0.25, -0.2) is 0 Å². The van der Waals surface area contributed by atoms with Crippen molar-refractivity contribution in [1.82, 2.24) is 0 Å². The smallest absolute Gasteiger partial charge is 0.224 e. The van der Waals surface area contributed by atoms with E-state index in [2.05, 4.69) is 5.32 Å². The van der Waals surface area contributed by atoms with Gasteiger partial charge in [0.1, 0.15) is 0 Å². The molecule has 1 N–H and O–H groups in total. The Kier molecular flexibility index (Phi) is 5.21. The standard InChI is InChI=1S/C15H23NO3/c1-6-19-12-8-7-11(9-13(12)18-5)16-14(17)10-15(2,3)4/h7-9H,6,10H2,1-5H3,(H,16,17). The van der Waals surface area contributed by atoms with Gasteiger partial charge in [-0.15, -0.1) is 0 Å². The first-order valence-electron chi connectivity index (χ1n) is 6.46. The van der Waals surface area contributed by atoms with E-state index < -0.39 is 0 Å². The summed E-state index contributed by atoms with van der Waals surface area (Å²) in [6, 6.07) is 5.38. The number of carbonyl (C=O) groups is 1. The molecule has 4 heteroatoms. The summed E-state index contributed by atoms with van der Waals surface area (Å²) in [7, 11) is 1.58. The SMILES string of the molecule is CCOc1ccc(NC(=O)CC(C)(C)C)cc1OC. The van der Waals surface area contributed by atoms with Crippen molar-refractivity contribution in [2.45, 2.75) is 34.1 Å². The number of amides is 1. The van der Waals surface area contributed by atoms with Gasteiger partial charge in [-0.2, -0.15) is 0 Å². The van der Waals surface area contributed by atoms with Gasteiger partial charge in [0.2, 0.25) is 5.91 Å². The Balaban J connectivity index is 2.77. The van der Waals surface area contributed by atoms with Crippen LogP contribution in [0.25, 0.3) is 0 Å². The van der Waals surface area contributed by atoms with Crippen LogP contribution in [0.15, 0.2) is 18.2 Å². The summed E-state index contributed by atoms with van der Waals surface area (Å²) < 4.78 is 10.7. The van der Waals surface area contributed by atoms with Gasteiger partial charge in [-0.3, -0.25) is 4.79 Å². The summed E-state index contributed by atoms with van der Waals surface area (Å²) in [6.07, 6.45) is 0.475. The summed E-state index contributed by atoms with van der Waals surface area (Å²) in [5, 5.41) is 2.87. The van der Waals surface area contributed by atoms with E-state index >= 15 is 0 Å². The topological polar surface area (TPSA) is 47.6 Å². The van der Waals surface area contributed by atoms with Crippen molar-refractivity contribution in [3.8, 4) is 11.5 Å². The predicted molar refractivity (Wildman–Crippen MR) is 76.9 cm³/mol. The Morgan fingerprint density at radius 2 is 1.95 bits per heavy atom. The Labute approximate surface area is 115 Å². The van der Waals surface area contributed by atoms with Crippen molar-refractivity contribution in [1.29, 1.82) is 0 Å². The summed E-state index contributed by atoms with van der Waals surface area (Å²) in [5.41, 5.74) is 0.689. The molecular weight excluding hydrogens is 242 g/mol. The molecule has 0 aromatic heterocycles. The van der Waals surface area contributed by atoms with Gasteiger partial charge in [0, 0.05) is 18.2 Å². The lowest BCUT2D eigenvalue weighted by molar-refractivity contribution is -0.117. The number of carbonyl (C=O) groups excluding carboxylic acids is 1. The molecule has 0 atom stereocenters. The Hall–Kier alpha value is -1.71. The number of hydrogen-bond donors (Lipinski definition) is 1. The zero-order chi connectivity index (χ0) is 14.5. The zero-order valence-electron chi connectivity index (χ0n) is 12.4. The van der Waals surface area contributed by atoms with Crippen LogP contribution < -0.4 is 14.8 Å². The van der Waals surface area contributed by atoms with E-state index in [4.69, 9.17) is 9.47 Å². The minimum absolute atomic E-state index is 0.00119. The van der Waals surface area contributed by atoms with Crippen molar-refractivity contribution in [2.75, 3.05) is 19.0 Å². The fourth-order valence-corrected chi connectivity index (χ4v) is 1.71. The molecule has 0 fully saturated rings. The van der Waals surface area contributed by atoms with Crippen LogP contribution >= 0.6 is 0 Å². The van der Waals surface area contributed by atoms with E-state index in [1.54, 1.807) is 19.2 Å². The number of benzene rings is 1. The summed E-state index contributed by atoms with van der Waals surface area (Å²) in [5.74, 6) is 1.30. The van der Waals surface area contributed by atoms with E-state index in [1.165, 1.54) is 0 Å². The van der Waals surface area contributed by atoms with Crippen LogP contribution in [0.2, 0.25) is 0 Å². The molecule has 106 valence electrons. The molecule has 0 aliphatic carbocycles. The van der Waals surface area contributed by atoms with Crippen LogP contribution in [0.1, 0.15) is 34.1 Å². The second-order valence-corrected chi connectivity index (χ2v) is 5.58. The second-order valence-electron chi connectivity index (χ2n) is 5.58. The lowest BCUT2D eigenvalue weighted by atomic mass is 9.92. The van der Waals surface area contributed by atoms with E-state index in [0.29, 0.717) is 24.5 Å². The third-order valence-electron chi connectivity index (χ3n) is 2.44. The zero-order valence-corrected chi connectivity index (χ0v) is 12.4. The number of hydrogen-bond acceptors (Lipinski definition) is 3. The van der Waals surface area contributed by atoms with E-state index in [0.717, 1.165) is 5.69 Å². The lowest BCUT2D eigenvalue weighted by Gasteiger charge is -2.17. The molecule has 0 aliphatic heterocycles. The molecule has 19 heavy (non-hydrogen) atoms.